The number of carbonyl (C=O) groups excluding carboxylic acids is 1. The van der Waals surface area contributed by atoms with Crippen LogP contribution in [0.4, 0.5) is 5.69 Å². The molecule has 0 radical (unpaired) electrons. The van der Waals surface area contributed by atoms with Crippen LogP contribution in [-0.2, 0) is 0 Å². The van der Waals surface area contributed by atoms with E-state index in [0.717, 1.165) is 11.4 Å². The van der Waals surface area contributed by atoms with Crippen LogP contribution in [-0.4, -0.2) is 18.0 Å². The van der Waals surface area contributed by atoms with Gasteiger partial charge in [0, 0.05) is 10.2 Å². The predicted octanol–water partition coefficient (Wildman–Crippen LogP) is 3.72. The summed E-state index contributed by atoms with van der Waals surface area (Å²) >= 11 is 3.37. The number of hydrogen-bond acceptors (Lipinski definition) is 3. The molecule has 0 aliphatic rings. The first-order valence-electron chi connectivity index (χ1n) is 6.10. The molecule has 0 atom stereocenters. The van der Waals surface area contributed by atoms with Crippen molar-refractivity contribution in [2.45, 2.75) is 13.8 Å². The van der Waals surface area contributed by atoms with E-state index in [1.54, 1.807) is 25.3 Å². The minimum absolute atomic E-state index is 0.204. The van der Waals surface area contributed by atoms with Gasteiger partial charge in [-0.25, -0.2) is 0 Å². The van der Waals surface area contributed by atoms with E-state index in [4.69, 9.17) is 4.74 Å². The van der Waals surface area contributed by atoms with Gasteiger partial charge in [-0.1, -0.05) is 0 Å². The fourth-order valence-electron chi connectivity index (χ4n) is 1.81. The van der Waals surface area contributed by atoms with E-state index in [-0.39, 0.29) is 5.91 Å². The van der Waals surface area contributed by atoms with Gasteiger partial charge in [0.15, 0.2) is 0 Å². The highest BCUT2D eigenvalue weighted by molar-refractivity contribution is 9.10. The maximum absolute atomic E-state index is 12.3. The molecule has 0 unspecified atom stereocenters. The number of ether oxygens (including phenoxy) is 1. The highest BCUT2D eigenvalue weighted by atomic mass is 79.9. The van der Waals surface area contributed by atoms with Crippen molar-refractivity contribution in [1.29, 1.82) is 0 Å². The molecular formula is C15H15BrN2O2. The molecule has 0 aliphatic carbocycles. The topological polar surface area (TPSA) is 51.2 Å². The molecule has 104 valence electrons. The molecule has 1 N–H and O–H groups in total. The van der Waals surface area contributed by atoms with Gasteiger partial charge in [-0.15, -0.1) is 0 Å². The second-order valence-corrected chi connectivity index (χ2v) is 5.24. The number of benzene rings is 1. The van der Waals surface area contributed by atoms with Gasteiger partial charge in [0.1, 0.15) is 5.75 Å². The number of rotatable bonds is 3. The summed E-state index contributed by atoms with van der Waals surface area (Å²) in [6.07, 6.45) is 0. The second-order valence-electron chi connectivity index (χ2n) is 4.39. The molecular weight excluding hydrogens is 320 g/mol. The van der Waals surface area contributed by atoms with E-state index >= 15 is 0 Å². The van der Waals surface area contributed by atoms with Gasteiger partial charge in [0.25, 0.3) is 5.91 Å². The summed E-state index contributed by atoms with van der Waals surface area (Å²) in [4.78, 5) is 16.6. The van der Waals surface area contributed by atoms with Gasteiger partial charge < -0.3 is 10.1 Å². The zero-order valence-electron chi connectivity index (χ0n) is 11.5. The maximum atomic E-state index is 12.3. The third-order valence-corrected chi connectivity index (χ3v) is 3.58. The van der Waals surface area contributed by atoms with E-state index in [9.17, 15) is 4.79 Å². The van der Waals surface area contributed by atoms with E-state index in [1.165, 1.54) is 0 Å². The smallest absolute Gasteiger partial charge is 0.256 e. The molecule has 20 heavy (non-hydrogen) atoms. The molecule has 5 heteroatoms. The molecule has 2 rings (SSSR count). The Kier molecular flexibility index (Phi) is 4.39. The summed E-state index contributed by atoms with van der Waals surface area (Å²) in [7, 11) is 1.57. The standard InChI is InChI=1S/C15H15BrN2O2/c1-9-4-7-14(10(2)17-9)18-15(19)12-8-11(20-3)5-6-13(12)16/h4-8H,1-3H3,(H,18,19). The molecule has 0 saturated heterocycles. The first kappa shape index (κ1) is 14.5. The summed E-state index contributed by atoms with van der Waals surface area (Å²) < 4.78 is 5.85. The van der Waals surface area contributed by atoms with Crippen molar-refractivity contribution in [3.8, 4) is 5.75 Å². The number of hydrogen-bond donors (Lipinski definition) is 1. The lowest BCUT2D eigenvalue weighted by molar-refractivity contribution is 0.102. The van der Waals surface area contributed by atoms with Gasteiger partial charge in [0.05, 0.1) is 24.1 Å². The van der Waals surface area contributed by atoms with Gasteiger partial charge in [-0.3, -0.25) is 9.78 Å². The van der Waals surface area contributed by atoms with Crippen LogP contribution in [0.15, 0.2) is 34.8 Å². The molecule has 0 spiro atoms. The van der Waals surface area contributed by atoms with E-state index in [0.29, 0.717) is 21.5 Å². The van der Waals surface area contributed by atoms with Crippen LogP contribution in [0.5, 0.6) is 5.75 Å². The van der Waals surface area contributed by atoms with Crippen LogP contribution >= 0.6 is 15.9 Å². The summed E-state index contributed by atoms with van der Waals surface area (Å²) in [5, 5.41) is 2.86. The summed E-state index contributed by atoms with van der Waals surface area (Å²) in [5.74, 6) is 0.432. The molecule has 0 saturated carbocycles. The molecule has 0 aliphatic heterocycles. The zero-order chi connectivity index (χ0) is 14.7. The molecule has 1 heterocycles. The minimum Gasteiger partial charge on any atom is -0.497 e. The van der Waals surface area contributed by atoms with Crippen molar-refractivity contribution in [2.75, 3.05) is 12.4 Å². The van der Waals surface area contributed by atoms with Gasteiger partial charge >= 0.3 is 0 Å². The lowest BCUT2D eigenvalue weighted by Gasteiger charge is -2.10. The van der Waals surface area contributed by atoms with Crippen molar-refractivity contribution in [3.63, 3.8) is 0 Å². The van der Waals surface area contributed by atoms with Crippen LogP contribution in [0, 0.1) is 13.8 Å². The Labute approximate surface area is 126 Å². The number of aromatic nitrogens is 1. The number of amides is 1. The Balaban J connectivity index is 2.28. The van der Waals surface area contributed by atoms with Gasteiger partial charge in [-0.05, 0) is 60.1 Å². The summed E-state index contributed by atoms with van der Waals surface area (Å²) in [6, 6.07) is 8.98. The first-order valence-corrected chi connectivity index (χ1v) is 6.89. The average Bonchev–Trinajstić information content (AvgIpc) is 2.42. The number of methoxy groups -OCH3 is 1. The number of nitrogens with zero attached hydrogens (tertiary/aromatic N) is 1. The first-order chi connectivity index (χ1) is 9.51. The highest BCUT2D eigenvalue weighted by Crippen LogP contribution is 2.24. The molecule has 0 bridgehead atoms. The van der Waals surface area contributed by atoms with Crippen molar-refractivity contribution in [2.24, 2.45) is 0 Å². The number of carbonyl (C=O) groups is 1. The molecule has 2 aromatic rings. The van der Waals surface area contributed by atoms with Gasteiger partial charge in [-0.2, -0.15) is 0 Å². The predicted molar refractivity (Wildman–Crippen MR) is 82.4 cm³/mol. The quantitative estimate of drug-likeness (QED) is 0.930. The Bertz CT molecular complexity index is 656. The summed E-state index contributed by atoms with van der Waals surface area (Å²) in [5.41, 5.74) is 2.93. The number of pyridine rings is 1. The number of halogens is 1. The third-order valence-electron chi connectivity index (χ3n) is 2.89. The Morgan fingerprint density at radius 1 is 1.25 bits per heavy atom. The summed E-state index contributed by atoms with van der Waals surface area (Å²) in [6.45, 7) is 3.78. The largest absolute Gasteiger partial charge is 0.497 e. The van der Waals surface area contributed by atoms with Gasteiger partial charge in [0.2, 0.25) is 0 Å². The molecule has 1 amide bonds. The third kappa shape index (κ3) is 3.17. The number of aryl methyl sites for hydroxylation is 2. The Morgan fingerprint density at radius 3 is 2.65 bits per heavy atom. The molecule has 0 fully saturated rings. The van der Waals surface area contributed by atoms with E-state index in [1.807, 2.05) is 26.0 Å². The van der Waals surface area contributed by atoms with E-state index < -0.39 is 0 Å². The van der Waals surface area contributed by atoms with Crippen LogP contribution in [0.3, 0.4) is 0 Å². The number of nitrogens with one attached hydrogen (secondary N) is 1. The maximum Gasteiger partial charge on any atom is 0.256 e. The molecule has 1 aromatic carbocycles. The number of anilines is 1. The average molecular weight is 335 g/mol. The lowest BCUT2D eigenvalue weighted by Crippen LogP contribution is -2.14. The molecule has 4 nitrogen and oxygen atoms in total. The van der Waals surface area contributed by atoms with Crippen molar-refractivity contribution in [3.05, 3.63) is 51.8 Å². The fraction of sp³-hybridized carbons (Fsp3) is 0.200. The minimum atomic E-state index is -0.204. The monoisotopic (exact) mass is 334 g/mol. The SMILES string of the molecule is COc1ccc(Br)c(C(=O)Nc2ccc(C)nc2C)c1. The van der Waals surface area contributed by atoms with Crippen molar-refractivity contribution >= 4 is 27.5 Å². The fourth-order valence-corrected chi connectivity index (χ4v) is 2.24. The Morgan fingerprint density at radius 2 is 2.00 bits per heavy atom. The zero-order valence-corrected chi connectivity index (χ0v) is 13.1. The van der Waals surface area contributed by atoms with Crippen molar-refractivity contribution in [1.82, 2.24) is 4.98 Å². The highest BCUT2D eigenvalue weighted by Gasteiger charge is 2.13. The Hall–Kier alpha value is -1.88. The van der Waals surface area contributed by atoms with Crippen LogP contribution < -0.4 is 10.1 Å². The lowest BCUT2D eigenvalue weighted by atomic mass is 10.2. The normalized spacial score (nSPS) is 10.2. The van der Waals surface area contributed by atoms with Crippen LogP contribution in [0.25, 0.3) is 0 Å². The molecule has 1 aromatic heterocycles. The van der Waals surface area contributed by atoms with Crippen LogP contribution in [0.2, 0.25) is 0 Å². The second kappa shape index (κ2) is 6.05. The van der Waals surface area contributed by atoms with Crippen molar-refractivity contribution < 1.29 is 9.53 Å². The van der Waals surface area contributed by atoms with E-state index in [2.05, 4.69) is 26.2 Å². The van der Waals surface area contributed by atoms with Crippen LogP contribution in [0.1, 0.15) is 21.7 Å².